The largest absolute Gasteiger partial charge is 0.341 e. The van der Waals surface area contributed by atoms with E-state index in [0.29, 0.717) is 31.5 Å². The highest BCUT2D eigenvalue weighted by Crippen LogP contribution is 2.32. The quantitative estimate of drug-likeness (QED) is 0.801. The van der Waals surface area contributed by atoms with E-state index in [-0.39, 0.29) is 11.8 Å². The number of benzene rings is 1. The smallest absolute Gasteiger partial charge is 0.315 e. The van der Waals surface area contributed by atoms with Gasteiger partial charge in [0.05, 0.1) is 6.04 Å². The second-order valence-electron chi connectivity index (χ2n) is 6.75. The van der Waals surface area contributed by atoms with Crippen LogP contribution in [0.3, 0.4) is 0 Å². The zero-order valence-electron chi connectivity index (χ0n) is 14.4. The van der Waals surface area contributed by atoms with Gasteiger partial charge in [-0.15, -0.1) is 0 Å². The molecular formula is C20H17F2N3O2. The van der Waals surface area contributed by atoms with E-state index in [9.17, 15) is 18.4 Å². The molecule has 2 aliphatic heterocycles. The Labute approximate surface area is 154 Å². The molecule has 0 N–H and O–H groups in total. The molecule has 0 spiro atoms. The molecule has 5 nitrogen and oxygen atoms in total. The van der Waals surface area contributed by atoms with Crippen LogP contribution in [0.15, 0.2) is 58.8 Å². The Morgan fingerprint density at radius 2 is 1.89 bits per heavy atom. The monoisotopic (exact) mass is 369 g/mol. The molecule has 0 bridgehead atoms. The van der Waals surface area contributed by atoms with E-state index < -0.39 is 17.7 Å². The average Bonchev–Trinajstić information content (AvgIpc) is 3.08. The summed E-state index contributed by atoms with van der Waals surface area (Å²) < 4.78 is 27.0. The molecular weight excluding hydrogens is 352 g/mol. The van der Waals surface area contributed by atoms with Crippen molar-refractivity contribution in [3.8, 4) is 0 Å². The lowest BCUT2D eigenvalue weighted by atomic mass is 10.00. The second-order valence-corrected chi connectivity index (χ2v) is 6.75. The summed E-state index contributed by atoms with van der Waals surface area (Å²) in [7, 11) is 0. The molecule has 1 aliphatic carbocycles. The van der Waals surface area contributed by atoms with Crippen molar-refractivity contribution in [2.45, 2.75) is 18.9 Å². The van der Waals surface area contributed by atoms with Crippen LogP contribution in [-0.2, 0) is 4.79 Å². The van der Waals surface area contributed by atoms with Gasteiger partial charge in [0.2, 0.25) is 0 Å². The van der Waals surface area contributed by atoms with Gasteiger partial charge in [0, 0.05) is 38.2 Å². The minimum absolute atomic E-state index is 0.0780. The predicted octanol–water partition coefficient (Wildman–Crippen LogP) is 3.51. The van der Waals surface area contributed by atoms with E-state index in [1.165, 1.54) is 17.1 Å². The Bertz CT molecular complexity index is 905. The summed E-state index contributed by atoms with van der Waals surface area (Å²) in [4.78, 5) is 25.5. The van der Waals surface area contributed by atoms with Gasteiger partial charge < -0.3 is 4.90 Å². The lowest BCUT2D eigenvalue weighted by molar-refractivity contribution is -0.113. The fourth-order valence-corrected chi connectivity index (χ4v) is 3.34. The Balaban J connectivity index is 1.42. The first kappa shape index (κ1) is 17.3. The first-order valence-electron chi connectivity index (χ1n) is 8.67. The van der Waals surface area contributed by atoms with Crippen molar-refractivity contribution < 1.29 is 18.4 Å². The van der Waals surface area contributed by atoms with Crippen molar-refractivity contribution in [2.24, 2.45) is 5.10 Å². The third kappa shape index (κ3) is 3.58. The maximum absolute atomic E-state index is 13.5. The maximum atomic E-state index is 13.5. The molecule has 1 unspecified atom stereocenters. The molecule has 4 rings (SSSR count). The molecule has 138 valence electrons. The number of urea groups is 1. The summed E-state index contributed by atoms with van der Waals surface area (Å²) in [6, 6.07) is 2.46. The second kappa shape index (κ2) is 6.90. The number of carbonyl (C=O) groups excluding carboxylic acids is 2. The number of carbonyl (C=O) groups is 2. The lowest BCUT2D eigenvalue weighted by Crippen LogP contribution is -2.49. The number of hydrogen-bond donors (Lipinski definition) is 0. The van der Waals surface area contributed by atoms with Crippen molar-refractivity contribution in [2.75, 3.05) is 13.1 Å². The Hall–Kier alpha value is -3.09. The van der Waals surface area contributed by atoms with Gasteiger partial charge in [0.15, 0.2) is 5.78 Å². The number of hydrogen-bond acceptors (Lipinski definition) is 3. The number of allylic oxidation sites excluding steroid dienone is 5. The average molecular weight is 369 g/mol. The van der Waals surface area contributed by atoms with Gasteiger partial charge in [-0.2, -0.15) is 5.10 Å². The van der Waals surface area contributed by atoms with Gasteiger partial charge >= 0.3 is 6.03 Å². The van der Waals surface area contributed by atoms with Gasteiger partial charge in [0.25, 0.3) is 0 Å². The van der Waals surface area contributed by atoms with E-state index >= 15 is 0 Å². The SMILES string of the molecule is O=C1C=CC(C=C2CN(C(=O)N3N=CCC3c3cc(F)cc(F)c3)C2)=CC1. The molecule has 1 saturated heterocycles. The molecule has 1 atom stereocenters. The highest BCUT2D eigenvalue weighted by molar-refractivity contribution is 5.92. The van der Waals surface area contributed by atoms with Gasteiger partial charge in [0.1, 0.15) is 11.6 Å². The summed E-state index contributed by atoms with van der Waals surface area (Å²) in [5.74, 6) is -1.27. The van der Waals surface area contributed by atoms with Crippen LogP contribution in [-0.4, -0.2) is 41.0 Å². The fraction of sp³-hybridized carbons (Fsp3) is 0.250. The van der Waals surface area contributed by atoms with E-state index in [0.717, 1.165) is 17.2 Å². The van der Waals surface area contributed by atoms with Crippen molar-refractivity contribution in [3.63, 3.8) is 0 Å². The van der Waals surface area contributed by atoms with Crippen LogP contribution in [0.4, 0.5) is 13.6 Å². The number of ketones is 1. The fourth-order valence-electron chi connectivity index (χ4n) is 3.34. The normalized spacial score (nSPS) is 21.4. The minimum atomic E-state index is -0.675. The highest BCUT2D eigenvalue weighted by atomic mass is 19.1. The summed E-state index contributed by atoms with van der Waals surface area (Å²) in [6.07, 6.45) is 9.54. The molecule has 27 heavy (non-hydrogen) atoms. The van der Waals surface area contributed by atoms with Crippen LogP contribution >= 0.6 is 0 Å². The van der Waals surface area contributed by atoms with Gasteiger partial charge in [-0.05, 0) is 34.9 Å². The zero-order chi connectivity index (χ0) is 19.0. The van der Waals surface area contributed by atoms with Crippen molar-refractivity contribution in [1.82, 2.24) is 9.91 Å². The summed E-state index contributed by atoms with van der Waals surface area (Å²) in [6.45, 7) is 0.933. The van der Waals surface area contributed by atoms with E-state index in [4.69, 9.17) is 0 Å². The van der Waals surface area contributed by atoms with E-state index in [2.05, 4.69) is 5.10 Å². The van der Waals surface area contributed by atoms with Crippen molar-refractivity contribution >= 4 is 18.0 Å². The summed E-state index contributed by atoms with van der Waals surface area (Å²) in [5.41, 5.74) is 2.42. The highest BCUT2D eigenvalue weighted by Gasteiger charge is 2.35. The summed E-state index contributed by atoms with van der Waals surface area (Å²) >= 11 is 0. The van der Waals surface area contributed by atoms with Crippen LogP contribution < -0.4 is 0 Å². The van der Waals surface area contributed by atoms with Gasteiger partial charge in [-0.25, -0.2) is 18.6 Å². The molecule has 1 aromatic rings. The number of rotatable bonds is 2. The topological polar surface area (TPSA) is 53.0 Å². The molecule has 0 radical (unpaired) electrons. The Morgan fingerprint density at radius 3 is 2.56 bits per heavy atom. The lowest BCUT2D eigenvalue weighted by Gasteiger charge is -2.37. The van der Waals surface area contributed by atoms with Crippen LogP contribution in [0.1, 0.15) is 24.4 Å². The Morgan fingerprint density at radius 1 is 1.15 bits per heavy atom. The first-order chi connectivity index (χ1) is 13.0. The van der Waals surface area contributed by atoms with Gasteiger partial charge in [-0.1, -0.05) is 18.2 Å². The third-order valence-corrected chi connectivity index (χ3v) is 4.73. The molecule has 0 aromatic heterocycles. The third-order valence-electron chi connectivity index (χ3n) is 4.73. The molecule has 0 saturated carbocycles. The molecule has 7 heteroatoms. The maximum Gasteiger partial charge on any atom is 0.341 e. The molecule has 1 fully saturated rings. The van der Waals surface area contributed by atoms with Crippen LogP contribution in [0.25, 0.3) is 0 Å². The molecule has 2 amide bonds. The number of amides is 2. The number of nitrogens with zero attached hydrogens (tertiary/aromatic N) is 3. The molecule has 1 aromatic carbocycles. The summed E-state index contributed by atoms with van der Waals surface area (Å²) in [5, 5.41) is 5.38. The van der Waals surface area contributed by atoms with Crippen LogP contribution in [0.2, 0.25) is 0 Å². The van der Waals surface area contributed by atoms with Crippen molar-refractivity contribution in [1.29, 1.82) is 0 Å². The number of halogens is 2. The standard InChI is InChI=1S/C20H17F2N3O2/c21-16-8-15(9-17(22)10-16)19-5-6-23-25(19)20(27)24-11-14(12-24)7-13-1-3-18(26)4-2-13/h1-3,6-10,19H,4-5,11-12H2. The number of likely N-dealkylation sites (tertiary alicyclic amines) is 1. The van der Waals surface area contributed by atoms with Gasteiger partial charge in [-0.3, -0.25) is 4.79 Å². The Kier molecular flexibility index (Phi) is 4.43. The van der Waals surface area contributed by atoms with Crippen molar-refractivity contribution in [3.05, 3.63) is 70.8 Å². The molecule has 3 aliphatic rings. The van der Waals surface area contributed by atoms with E-state index in [1.54, 1.807) is 23.3 Å². The number of hydrazone groups is 1. The van der Waals surface area contributed by atoms with E-state index in [1.807, 2.05) is 12.2 Å². The predicted molar refractivity (Wildman–Crippen MR) is 95.9 cm³/mol. The minimum Gasteiger partial charge on any atom is -0.315 e. The zero-order valence-corrected chi connectivity index (χ0v) is 14.4. The van der Waals surface area contributed by atoms with Crippen LogP contribution in [0, 0.1) is 11.6 Å². The molecule has 2 heterocycles. The first-order valence-corrected chi connectivity index (χ1v) is 8.67. The van der Waals surface area contributed by atoms with Crippen LogP contribution in [0.5, 0.6) is 0 Å².